The van der Waals surface area contributed by atoms with Crippen molar-refractivity contribution in [2.24, 2.45) is 5.73 Å². The van der Waals surface area contributed by atoms with Crippen LogP contribution in [0.2, 0.25) is 0 Å². The van der Waals surface area contributed by atoms with Crippen LogP contribution in [0.1, 0.15) is 26.2 Å². The highest BCUT2D eigenvalue weighted by atomic mass is 16.1. The second-order valence-corrected chi connectivity index (χ2v) is 3.78. The topological polar surface area (TPSA) is 46.3 Å². The van der Waals surface area contributed by atoms with Crippen molar-refractivity contribution in [3.8, 4) is 0 Å². The maximum atomic E-state index is 11.5. The van der Waals surface area contributed by atoms with E-state index < -0.39 is 0 Å². The summed E-state index contributed by atoms with van der Waals surface area (Å²) in [5.41, 5.74) is 5.09. The first-order valence-corrected chi connectivity index (χ1v) is 4.56. The van der Waals surface area contributed by atoms with E-state index in [1.807, 2.05) is 14.0 Å². The molecule has 1 rings (SSSR count). The predicted molar refractivity (Wildman–Crippen MR) is 48.9 cm³/mol. The number of piperidine rings is 1. The first-order chi connectivity index (χ1) is 5.61. The molecule has 0 bridgehead atoms. The van der Waals surface area contributed by atoms with Crippen molar-refractivity contribution in [1.82, 2.24) is 4.90 Å². The molecule has 0 aliphatic carbocycles. The fourth-order valence-electron chi connectivity index (χ4n) is 1.83. The Kier molecular flexibility index (Phi) is 2.85. The highest BCUT2D eigenvalue weighted by molar-refractivity contribution is 5.89. The Morgan fingerprint density at radius 2 is 2.25 bits per heavy atom. The molecule has 1 unspecified atom stereocenters. The Morgan fingerprint density at radius 1 is 1.58 bits per heavy atom. The van der Waals surface area contributed by atoms with E-state index in [1.54, 1.807) is 0 Å². The maximum Gasteiger partial charge on any atom is 0.166 e. The molecule has 0 radical (unpaired) electrons. The molecule has 0 amide bonds. The molecule has 0 saturated carbocycles. The van der Waals surface area contributed by atoms with Crippen molar-refractivity contribution >= 4 is 5.78 Å². The fourth-order valence-corrected chi connectivity index (χ4v) is 1.83. The molecule has 0 aromatic heterocycles. The Hall–Kier alpha value is -0.410. The van der Waals surface area contributed by atoms with Gasteiger partial charge in [-0.15, -0.1) is 0 Å². The summed E-state index contributed by atoms with van der Waals surface area (Å²) >= 11 is 0. The van der Waals surface area contributed by atoms with Crippen LogP contribution in [0.3, 0.4) is 0 Å². The highest BCUT2D eigenvalue weighted by Gasteiger charge is 2.37. The number of Topliss-reactive ketones (excluding diaryl/α,β-unsaturated/α-hetero) is 1. The van der Waals surface area contributed by atoms with E-state index in [0.29, 0.717) is 0 Å². The molecular weight excluding hydrogens is 152 g/mol. The Balaban J connectivity index is 2.72. The van der Waals surface area contributed by atoms with E-state index in [2.05, 4.69) is 4.90 Å². The van der Waals surface area contributed by atoms with Gasteiger partial charge in [0.15, 0.2) is 5.78 Å². The van der Waals surface area contributed by atoms with Crippen LogP contribution in [0.25, 0.3) is 0 Å². The first kappa shape index (κ1) is 9.68. The van der Waals surface area contributed by atoms with Gasteiger partial charge in [-0.2, -0.15) is 0 Å². The zero-order valence-corrected chi connectivity index (χ0v) is 7.97. The summed E-state index contributed by atoms with van der Waals surface area (Å²) in [7, 11) is 2.01. The molecule has 1 atom stereocenters. The lowest BCUT2D eigenvalue weighted by Crippen LogP contribution is -2.55. The largest absolute Gasteiger partial charge is 0.324 e. The van der Waals surface area contributed by atoms with E-state index in [4.69, 9.17) is 5.73 Å². The number of hydrogen-bond donors (Lipinski definition) is 1. The van der Waals surface area contributed by atoms with Crippen LogP contribution in [0.4, 0.5) is 0 Å². The van der Waals surface area contributed by atoms with Gasteiger partial charge in [-0.05, 0) is 39.8 Å². The number of likely N-dealkylation sites (N-methyl/N-ethyl adjacent to an activating group) is 1. The van der Waals surface area contributed by atoms with Gasteiger partial charge in [0.25, 0.3) is 0 Å². The molecule has 70 valence electrons. The Bertz CT molecular complexity index is 181. The molecule has 1 aliphatic rings. The lowest BCUT2D eigenvalue weighted by Gasteiger charge is -2.41. The molecule has 3 heteroatoms. The summed E-state index contributed by atoms with van der Waals surface area (Å²) in [4.78, 5) is 13.7. The first-order valence-electron chi connectivity index (χ1n) is 4.56. The lowest BCUT2D eigenvalue weighted by molar-refractivity contribution is -0.130. The lowest BCUT2D eigenvalue weighted by atomic mass is 9.85. The minimum atomic E-state index is -0.285. The number of hydrogen-bond acceptors (Lipinski definition) is 3. The summed E-state index contributed by atoms with van der Waals surface area (Å²) in [5, 5.41) is 0. The quantitative estimate of drug-likeness (QED) is 0.652. The molecule has 0 spiro atoms. The van der Waals surface area contributed by atoms with E-state index in [1.165, 1.54) is 6.42 Å². The van der Waals surface area contributed by atoms with Gasteiger partial charge in [-0.25, -0.2) is 0 Å². The summed E-state index contributed by atoms with van der Waals surface area (Å²) in [6.45, 7) is 3.18. The van der Waals surface area contributed by atoms with Crippen LogP contribution in [0.15, 0.2) is 0 Å². The number of carbonyl (C=O) groups is 1. The van der Waals surface area contributed by atoms with Gasteiger partial charge < -0.3 is 5.73 Å². The van der Waals surface area contributed by atoms with Gasteiger partial charge in [-0.1, -0.05) is 0 Å². The van der Waals surface area contributed by atoms with Gasteiger partial charge >= 0.3 is 0 Å². The Morgan fingerprint density at radius 3 is 2.75 bits per heavy atom. The average molecular weight is 170 g/mol. The summed E-state index contributed by atoms with van der Waals surface area (Å²) in [6, 6.07) is 0. The molecule has 0 aromatic rings. The van der Waals surface area contributed by atoms with E-state index in [-0.39, 0.29) is 17.9 Å². The van der Waals surface area contributed by atoms with Crippen molar-refractivity contribution in [2.45, 2.75) is 31.7 Å². The summed E-state index contributed by atoms with van der Waals surface area (Å²) in [5.74, 6) is 0.171. The molecule has 1 aliphatic heterocycles. The van der Waals surface area contributed by atoms with Crippen LogP contribution in [-0.4, -0.2) is 36.4 Å². The molecule has 0 aromatic carbocycles. The van der Waals surface area contributed by atoms with Gasteiger partial charge in [0.2, 0.25) is 0 Å². The van der Waals surface area contributed by atoms with Crippen LogP contribution in [0, 0.1) is 0 Å². The number of nitrogens with zero attached hydrogens (tertiary/aromatic N) is 1. The monoisotopic (exact) mass is 170 g/mol. The molecular formula is C9H18N2O. The normalized spacial score (nSPS) is 31.9. The van der Waals surface area contributed by atoms with Crippen LogP contribution >= 0.6 is 0 Å². The maximum absolute atomic E-state index is 11.5. The minimum Gasteiger partial charge on any atom is -0.324 e. The second kappa shape index (κ2) is 3.54. The van der Waals surface area contributed by atoms with E-state index >= 15 is 0 Å². The van der Waals surface area contributed by atoms with Crippen LogP contribution < -0.4 is 5.73 Å². The number of carbonyl (C=O) groups excluding carboxylic acids is 1. The number of ketones is 1. The predicted octanol–water partition coefficient (Wildman–Crippen LogP) is 0.389. The van der Waals surface area contributed by atoms with Crippen molar-refractivity contribution in [3.63, 3.8) is 0 Å². The number of rotatable bonds is 2. The number of likely N-dealkylation sites (tertiary alicyclic amines) is 1. The Labute approximate surface area is 73.9 Å². The summed E-state index contributed by atoms with van der Waals surface area (Å²) in [6.07, 6.45) is 3.30. The summed E-state index contributed by atoms with van der Waals surface area (Å²) < 4.78 is 0. The number of nitrogens with two attached hydrogens (primary N) is 1. The van der Waals surface area contributed by atoms with E-state index in [9.17, 15) is 4.79 Å². The molecule has 12 heavy (non-hydrogen) atoms. The third kappa shape index (κ3) is 1.52. The minimum absolute atomic E-state index is 0.167. The van der Waals surface area contributed by atoms with Gasteiger partial charge in [0.05, 0.1) is 12.1 Å². The van der Waals surface area contributed by atoms with Crippen molar-refractivity contribution < 1.29 is 4.79 Å². The third-order valence-electron chi connectivity index (χ3n) is 3.04. The van der Waals surface area contributed by atoms with Crippen molar-refractivity contribution in [1.29, 1.82) is 0 Å². The molecule has 1 saturated heterocycles. The second-order valence-electron chi connectivity index (χ2n) is 3.78. The molecule has 1 heterocycles. The van der Waals surface area contributed by atoms with Gasteiger partial charge in [0.1, 0.15) is 0 Å². The third-order valence-corrected chi connectivity index (χ3v) is 3.04. The standard InChI is InChI=1S/C9H18N2O/c1-9(8(12)7-10)5-3-4-6-11(9)2/h3-7,10H2,1-2H3. The van der Waals surface area contributed by atoms with Crippen LogP contribution in [-0.2, 0) is 4.79 Å². The van der Waals surface area contributed by atoms with Crippen molar-refractivity contribution in [3.05, 3.63) is 0 Å². The van der Waals surface area contributed by atoms with Crippen LogP contribution in [0.5, 0.6) is 0 Å². The van der Waals surface area contributed by atoms with Gasteiger partial charge in [0, 0.05) is 0 Å². The average Bonchev–Trinajstić information content (AvgIpc) is 2.09. The highest BCUT2D eigenvalue weighted by Crippen LogP contribution is 2.26. The SMILES string of the molecule is CN1CCCCC1(C)C(=O)CN. The molecule has 3 nitrogen and oxygen atoms in total. The van der Waals surface area contributed by atoms with Gasteiger partial charge in [-0.3, -0.25) is 9.69 Å². The van der Waals surface area contributed by atoms with Crippen molar-refractivity contribution in [2.75, 3.05) is 20.1 Å². The molecule has 1 fully saturated rings. The zero-order valence-electron chi connectivity index (χ0n) is 7.97. The van der Waals surface area contributed by atoms with E-state index in [0.717, 1.165) is 19.4 Å². The fraction of sp³-hybridized carbons (Fsp3) is 0.889. The molecule has 2 N–H and O–H groups in total. The zero-order chi connectivity index (χ0) is 9.19. The smallest absolute Gasteiger partial charge is 0.166 e.